The van der Waals surface area contributed by atoms with Crippen LogP contribution in [0.15, 0.2) is 28.0 Å². The molecule has 0 saturated carbocycles. The van der Waals surface area contributed by atoms with Gasteiger partial charge in [-0.05, 0) is 38.1 Å². The summed E-state index contributed by atoms with van der Waals surface area (Å²) in [5.74, 6) is -0.287. The van der Waals surface area contributed by atoms with Crippen LogP contribution in [0.3, 0.4) is 0 Å². The van der Waals surface area contributed by atoms with Crippen molar-refractivity contribution in [3.05, 3.63) is 28.0 Å². The second-order valence-corrected chi connectivity index (χ2v) is 10.3. The van der Waals surface area contributed by atoms with Crippen LogP contribution < -0.4 is 5.32 Å². The van der Waals surface area contributed by atoms with Gasteiger partial charge in [-0.25, -0.2) is 8.42 Å². The maximum atomic E-state index is 12.9. The molecule has 0 radical (unpaired) electrons. The molecule has 3 rings (SSSR count). The van der Waals surface area contributed by atoms with Gasteiger partial charge in [-0.3, -0.25) is 9.69 Å². The van der Waals surface area contributed by atoms with Gasteiger partial charge in [0.1, 0.15) is 9.77 Å². The third-order valence-corrected chi connectivity index (χ3v) is 8.09. The van der Waals surface area contributed by atoms with E-state index in [1.807, 2.05) is 0 Å². The molecule has 1 aromatic heterocycles. The van der Waals surface area contributed by atoms with Gasteiger partial charge in [0, 0.05) is 38.8 Å². The SMILES string of the molecule is CC(C)=CCN1CCC(NC(=O)c2sccc2S(=O)(=O)N2CCOCC2)CC1. The van der Waals surface area contributed by atoms with Gasteiger partial charge in [-0.1, -0.05) is 11.6 Å². The molecule has 2 aliphatic heterocycles. The van der Waals surface area contributed by atoms with E-state index in [1.165, 1.54) is 27.3 Å². The predicted molar refractivity (Wildman–Crippen MR) is 110 cm³/mol. The van der Waals surface area contributed by atoms with E-state index < -0.39 is 10.0 Å². The summed E-state index contributed by atoms with van der Waals surface area (Å²) in [6.07, 6.45) is 3.96. The first-order valence-electron chi connectivity index (χ1n) is 9.70. The minimum absolute atomic E-state index is 0.0801. The summed E-state index contributed by atoms with van der Waals surface area (Å²) in [6, 6.07) is 1.61. The van der Waals surface area contributed by atoms with E-state index in [0.717, 1.165) is 32.5 Å². The van der Waals surface area contributed by atoms with Gasteiger partial charge in [0.15, 0.2) is 0 Å². The maximum absolute atomic E-state index is 12.9. The van der Waals surface area contributed by atoms with E-state index in [9.17, 15) is 13.2 Å². The van der Waals surface area contributed by atoms with Gasteiger partial charge in [-0.2, -0.15) is 4.31 Å². The van der Waals surface area contributed by atoms with Crippen molar-refractivity contribution in [3.8, 4) is 0 Å². The van der Waals surface area contributed by atoms with Gasteiger partial charge in [-0.15, -0.1) is 11.3 Å². The molecule has 1 aromatic rings. The van der Waals surface area contributed by atoms with Gasteiger partial charge >= 0.3 is 0 Å². The van der Waals surface area contributed by atoms with Crippen molar-refractivity contribution in [2.45, 2.75) is 37.6 Å². The molecule has 0 bridgehead atoms. The van der Waals surface area contributed by atoms with Crippen LogP contribution in [0.2, 0.25) is 0 Å². The number of nitrogens with one attached hydrogen (secondary N) is 1. The number of ether oxygens (including phenoxy) is 1. The molecule has 9 heteroatoms. The first kappa shape index (κ1) is 21.4. The maximum Gasteiger partial charge on any atom is 0.262 e. The van der Waals surface area contributed by atoms with E-state index in [-0.39, 0.29) is 21.7 Å². The highest BCUT2D eigenvalue weighted by Crippen LogP contribution is 2.26. The summed E-state index contributed by atoms with van der Waals surface area (Å²) in [4.78, 5) is 15.5. The van der Waals surface area contributed by atoms with E-state index >= 15 is 0 Å². The zero-order valence-electron chi connectivity index (χ0n) is 16.5. The molecule has 156 valence electrons. The zero-order chi connectivity index (χ0) is 20.1. The summed E-state index contributed by atoms with van der Waals surface area (Å²) < 4.78 is 32.5. The molecule has 1 amide bonds. The molecule has 2 saturated heterocycles. The van der Waals surface area contributed by atoms with E-state index in [2.05, 4.69) is 30.1 Å². The average Bonchev–Trinajstić information content (AvgIpc) is 3.19. The van der Waals surface area contributed by atoms with Crippen molar-refractivity contribution in [2.24, 2.45) is 0 Å². The van der Waals surface area contributed by atoms with E-state index in [4.69, 9.17) is 4.74 Å². The highest BCUT2D eigenvalue weighted by Gasteiger charge is 2.32. The quantitative estimate of drug-likeness (QED) is 0.702. The topological polar surface area (TPSA) is 79.0 Å². The van der Waals surface area contributed by atoms with Crippen LogP contribution in [0, 0.1) is 0 Å². The largest absolute Gasteiger partial charge is 0.379 e. The monoisotopic (exact) mass is 427 g/mol. The summed E-state index contributed by atoms with van der Waals surface area (Å²) >= 11 is 1.18. The van der Waals surface area contributed by atoms with Crippen LogP contribution in [0.4, 0.5) is 0 Å². The van der Waals surface area contributed by atoms with Crippen LogP contribution in [0.5, 0.6) is 0 Å². The number of carbonyl (C=O) groups is 1. The number of rotatable bonds is 6. The lowest BCUT2D eigenvalue weighted by Crippen LogP contribution is -2.45. The second-order valence-electron chi connectivity index (χ2n) is 7.46. The zero-order valence-corrected chi connectivity index (χ0v) is 18.2. The predicted octanol–water partition coefficient (Wildman–Crippen LogP) is 1.93. The number of carbonyl (C=O) groups excluding carboxylic acids is 1. The Kier molecular flexibility index (Phi) is 7.27. The van der Waals surface area contributed by atoms with Crippen molar-refractivity contribution in [3.63, 3.8) is 0 Å². The smallest absolute Gasteiger partial charge is 0.262 e. The Morgan fingerprint density at radius 1 is 1.25 bits per heavy atom. The lowest BCUT2D eigenvalue weighted by molar-refractivity contribution is 0.0730. The number of likely N-dealkylation sites (tertiary alicyclic amines) is 1. The fourth-order valence-corrected chi connectivity index (χ4v) is 6.13. The summed E-state index contributed by atoms with van der Waals surface area (Å²) in [6.45, 7) is 8.40. The van der Waals surface area contributed by atoms with Crippen LogP contribution in [0.25, 0.3) is 0 Å². The molecule has 0 aliphatic carbocycles. The third-order valence-electron chi connectivity index (χ3n) is 5.10. The van der Waals surface area contributed by atoms with Crippen molar-refractivity contribution in [2.75, 3.05) is 45.9 Å². The van der Waals surface area contributed by atoms with E-state index in [0.29, 0.717) is 26.3 Å². The molecule has 28 heavy (non-hydrogen) atoms. The molecular formula is C19H29N3O4S2. The van der Waals surface area contributed by atoms with Crippen molar-refractivity contribution in [1.29, 1.82) is 0 Å². The number of morpholine rings is 1. The second kappa shape index (κ2) is 9.49. The van der Waals surface area contributed by atoms with Gasteiger partial charge < -0.3 is 10.1 Å². The fraction of sp³-hybridized carbons (Fsp3) is 0.632. The third kappa shape index (κ3) is 5.21. The van der Waals surface area contributed by atoms with Gasteiger partial charge in [0.25, 0.3) is 5.91 Å². The number of amides is 1. The Bertz CT molecular complexity index is 801. The molecule has 0 unspecified atom stereocenters. The Morgan fingerprint density at radius 2 is 1.93 bits per heavy atom. The van der Waals surface area contributed by atoms with Crippen LogP contribution in [0.1, 0.15) is 36.4 Å². The molecule has 1 N–H and O–H groups in total. The minimum atomic E-state index is -3.67. The number of hydrogen-bond donors (Lipinski definition) is 1. The Morgan fingerprint density at radius 3 is 2.57 bits per heavy atom. The molecule has 2 fully saturated rings. The van der Waals surface area contributed by atoms with Crippen molar-refractivity contribution in [1.82, 2.24) is 14.5 Å². The summed E-state index contributed by atoms with van der Waals surface area (Å²) in [7, 11) is -3.67. The van der Waals surface area contributed by atoms with Crippen molar-refractivity contribution >= 4 is 27.3 Å². The molecule has 3 heterocycles. The Labute approximate surface area is 171 Å². The Balaban J connectivity index is 1.61. The summed E-state index contributed by atoms with van der Waals surface area (Å²) in [5.41, 5.74) is 1.31. The lowest BCUT2D eigenvalue weighted by Gasteiger charge is -2.31. The standard InChI is InChI=1S/C19H29N3O4S2/c1-15(2)3-7-21-8-4-16(5-9-21)20-19(23)18-17(6-14-27-18)28(24,25)22-10-12-26-13-11-22/h3,6,14,16H,4-5,7-13H2,1-2H3,(H,20,23). The first-order valence-corrected chi connectivity index (χ1v) is 12.0. The molecule has 7 nitrogen and oxygen atoms in total. The van der Waals surface area contributed by atoms with E-state index in [1.54, 1.807) is 5.38 Å². The number of allylic oxidation sites excluding steroid dienone is 1. The highest BCUT2D eigenvalue weighted by atomic mass is 32.2. The average molecular weight is 428 g/mol. The number of thiophene rings is 1. The molecule has 0 aromatic carbocycles. The number of nitrogens with zero attached hydrogens (tertiary/aromatic N) is 2. The van der Waals surface area contributed by atoms with Gasteiger partial charge in [0.2, 0.25) is 10.0 Å². The van der Waals surface area contributed by atoms with Crippen molar-refractivity contribution < 1.29 is 17.9 Å². The molecule has 2 aliphatic rings. The summed E-state index contributed by atoms with van der Waals surface area (Å²) in [5, 5.41) is 4.71. The number of sulfonamides is 1. The Hall–Kier alpha value is -1.26. The number of piperidine rings is 1. The minimum Gasteiger partial charge on any atom is -0.379 e. The molecule has 0 atom stereocenters. The lowest BCUT2D eigenvalue weighted by atomic mass is 10.0. The number of hydrogen-bond acceptors (Lipinski definition) is 6. The first-order chi connectivity index (χ1) is 13.4. The van der Waals surface area contributed by atoms with Crippen LogP contribution >= 0.6 is 11.3 Å². The van der Waals surface area contributed by atoms with Crippen LogP contribution in [-0.4, -0.2) is 75.5 Å². The van der Waals surface area contributed by atoms with Crippen LogP contribution in [-0.2, 0) is 14.8 Å². The normalized spacial score (nSPS) is 20.1. The fourth-order valence-electron chi connectivity index (χ4n) is 3.41. The van der Waals surface area contributed by atoms with Gasteiger partial charge in [0.05, 0.1) is 13.2 Å². The highest BCUT2D eigenvalue weighted by molar-refractivity contribution is 7.89. The molecule has 0 spiro atoms. The molecular weight excluding hydrogens is 398 g/mol.